The lowest BCUT2D eigenvalue weighted by Crippen LogP contribution is -2.39. The van der Waals surface area contributed by atoms with Gasteiger partial charge in [-0.25, -0.2) is 0 Å². The Morgan fingerprint density at radius 3 is 2.93 bits per heavy atom. The van der Waals surface area contributed by atoms with E-state index in [1.807, 2.05) is 55.5 Å². The van der Waals surface area contributed by atoms with Gasteiger partial charge in [0.1, 0.15) is 0 Å². The number of halogens is 1. The van der Waals surface area contributed by atoms with E-state index in [0.29, 0.717) is 23.1 Å². The first-order valence-corrected chi connectivity index (χ1v) is 9.77. The van der Waals surface area contributed by atoms with Crippen LogP contribution in [0.25, 0.3) is 10.9 Å². The number of benzene rings is 2. The maximum atomic E-state index is 12.6. The monoisotopic (exact) mass is 410 g/mol. The largest absolute Gasteiger partial charge is 0.357 e. The minimum atomic E-state index is -0.0778. The number of rotatable bonds is 3. The van der Waals surface area contributed by atoms with Crippen LogP contribution in [0.15, 0.2) is 54.7 Å². The van der Waals surface area contributed by atoms with Crippen LogP contribution in [0, 0.1) is 6.92 Å². The standard InChI is InChI=1S/C21H19ClN4OS/c1-13-7-8-15(22)10-17(13)25-21(28)24-16-11-19(27)26(12-16)18-6-2-4-14-5-3-9-23-20(14)18/h2-10,16H,11-12H2,1H3,(H2,24,25,28). The smallest absolute Gasteiger partial charge is 0.229 e. The Kier molecular flexibility index (Phi) is 5.15. The Morgan fingerprint density at radius 1 is 1.25 bits per heavy atom. The van der Waals surface area contributed by atoms with Crippen LogP contribution in [0.3, 0.4) is 0 Å². The van der Waals surface area contributed by atoms with E-state index in [1.54, 1.807) is 11.1 Å². The molecule has 2 heterocycles. The third-order valence-corrected chi connectivity index (χ3v) is 5.27. The van der Waals surface area contributed by atoms with Crippen LogP contribution in [0.1, 0.15) is 12.0 Å². The van der Waals surface area contributed by atoms with Gasteiger partial charge in [-0.15, -0.1) is 0 Å². The molecule has 0 spiro atoms. The number of nitrogens with zero attached hydrogens (tertiary/aromatic N) is 2. The zero-order valence-corrected chi connectivity index (χ0v) is 16.8. The molecular weight excluding hydrogens is 392 g/mol. The number of aromatic nitrogens is 1. The van der Waals surface area contributed by atoms with Crippen molar-refractivity contribution < 1.29 is 4.79 Å². The highest BCUT2D eigenvalue weighted by Crippen LogP contribution is 2.28. The number of hydrogen-bond acceptors (Lipinski definition) is 3. The molecule has 1 aliphatic heterocycles. The van der Waals surface area contributed by atoms with Crippen molar-refractivity contribution in [3.05, 3.63) is 65.3 Å². The van der Waals surface area contributed by atoms with Crippen LogP contribution in [0.4, 0.5) is 11.4 Å². The van der Waals surface area contributed by atoms with Gasteiger partial charge in [0.2, 0.25) is 5.91 Å². The zero-order valence-electron chi connectivity index (χ0n) is 15.3. The van der Waals surface area contributed by atoms with Crippen molar-refractivity contribution in [1.82, 2.24) is 10.3 Å². The molecule has 142 valence electrons. The lowest BCUT2D eigenvalue weighted by atomic mass is 10.2. The molecule has 1 atom stereocenters. The summed E-state index contributed by atoms with van der Waals surface area (Å²) >= 11 is 11.5. The van der Waals surface area contributed by atoms with Gasteiger partial charge in [0, 0.05) is 35.3 Å². The second-order valence-electron chi connectivity index (χ2n) is 6.82. The summed E-state index contributed by atoms with van der Waals surface area (Å²) in [6.07, 6.45) is 2.12. The number of pyridine rings is 1. The molecule has 1 fully saturated rings. The Hall–Kier alpha value is -2.70. The van der Waals surface area contributed by atoms with Crippen molar-refractivity contribution in [2.75, 3.05) is 16.8 Å². The fourth-order valence-electron chi connectivity index (χ4n) is 3.42. The Bertz CT molecular complexity index is 1070. The number of aryl methyl sites for hydroxylation is 1. The molecule has 28 heavy (non-hydrogen) atoms. The normalized spacial score (nSPS) is 16.4. The molecule has 0 bridgehead atoms. The highest BCUT2D eigenvalue weighted by molar-refractivity contribution is 7.80. The topological polar surface area (TPSA) is 57.3 Å². The van der Waals surface area contributed by atoms with Gasteiger partial charge in [-0.1, -0.05) is 35.9 Å². The van der Waals surface area contributed by atoms with Gasteiger partial charge in [-0.05, 0) is 49.0 Å². The third-order valence-electron chi connectivity index (χ3n) is 4.81. The lowest BCUT2D eigenvalue weighted by Gasteiger charge is -2.20. The fraction of sp³-hybridized carbons (Fsp3) is 0.190. The molecular formula is C21H19ClN4OS. The Labute approximate surface area is 173 Å². The van der Waals surface area contributed by atoms with Crippen LogP contribution in [-0.4, -0.2) is 28.6 Å². The van der Waals surface area contributed by atoms with Crippen molar-refractivity contribution in [2.45, 2.75) is 19.4 Å². The van der Waals surface area contributed by atoms with E-state index in [2.05, 4.69) is 15.6 Å². The molecule has 1 saturated heterocycles. The lowest BCUT2D eigenvalue weighted by molar-refractivity contribution is -0.117. The molecule has 4 rings (SSSR count). The number of carbonyl (C=O) groups is 1. The van der Waals surface area contributed by atoms with Gasteiger partial charge in [0.25, 0.3) is 0 Å². The molecule has 2 N–H and O–H groups in total. The summed E-state index contributed by atoms with van der Waals surface area (Å²) in [5.74, 6) is 0.0531. The summed E-state index contributed by atoms with van der Waals surface area (Å²) in [5.41, 5.74) is 3.55. The predicted molar refractivity (Wildman–Crippen MR) is 118 cm³/mol. The molecule has 0 saturated carbocycles. The molecule has 0 radical (unpaired) electrons. The molecule has 0 aliphatic carbocycles. The van der Waals surface area contributed by atoms with E-state index >= 15 is 0 Å². The number of para-hydroxylation sites is 1. The number of anilines is 2. The average Bonchev–Trinajstić information content (AvgIpc) is 3.04. The molecule has 1 unspecified atom stereocenters. The summed E-state index contributed by atoms with van der Waals surface area (Å²) in [6, 6.07) is 15.3. The minimum Gasteiger partial charge on any atom is -0.357 e. The van der Waals surface area contributed by atoms with E-state index in [-0.39, 0.29) is 11.9 Å². The van der Waals surface area contributed by atoms with Crippen molar-refractivity contribution in [2.24, 2.45) is 0 Å². The maximum absolute atomic E-state index is 12.6. The van der Waals surface area contributed by atoms with Gasteiger partial charge in [-0.2, -0.15) is 0 Å². The summed E-state index contributed by atoms with van der Waals surface area (Å²) in [6.45, 7) is 2.51. The van der Waals surface area contributed by atoms with E-state index in [4.69, 9.17) is 23.8 Å². The van der Waals surface area contributed by atoms with E-state index in [9.17, 15) is 4.79 Å². The van der Waals surface area contributed by atoms with Gasteiger partial charge >= 0.3 is 0 Å². The maximum Gasteiger partial charge on any atom is 0.229 e. The van der Waals surface area contributed by atoms with E-state index in [0.717, 1.165) is 27.8 Å². The van der Waals surface area contributed by atoms with Crippen molar-refractivity contribution in [3.63, 3.8) is 0 Å². The Morgan fingerprint density at radius 2 is 2.07 bits per heavy atom. The summed E-state index contributed by atoms with van der Waals surface area (Å²) < 4.78 is 0. The highest BCUT2D eigenvalue weighted by atomic mass is 35.5. The number of hydrogen-bond donors (Lipinski definition) is 2. The number of amides is 1. The summed E-state index contributed by atoms with van der Waals surface area (Å²) in [7, 11) is 0. The van der Waals surface area contributed by atoms with Gasteiger partial charge in [0.05, 0.1) is 17.2 Å². The second-order valence-corrected chi connectivity index (χ2v) is 7.66. The van der Waals surface area contributed by atoms with Crippen LogP contribution >= 0.6 is 23.8 Å². The summed E-state index contributed by atoms with van der Waals surface area (Å²) in [5, 5.41) is 8.54. The first kappa shape index (κ1) is 18.7. The van der Waals surface area contributed by atoms with Crippen molar-refractivity contribution in [3.8, 4) is 0 Å². The van der Waals surface area contributed by atoms with Gasteiger partial charge in [-0.3, -0.25) is 9.78 Å². The number of nitrogens with one attached hydrogen (secondary N) is 2. The molecule has 1 amide bonds. The van der Waals surface area contributed by atoms with Crippen molar-refractivity contribution >= 4 is 57.1 Å². The predicted octanol–water partition coefficient (Wildman–Crippen LogP) is 4.29. The van der Waals surface area contributed by atoms with E-state index < -0.39 is 0 Å². The first-order chi connectivity index (χ1) is 13.5. The average molecular weight is 411 g/mol. The van der Waals surface area contributed by atoms with Crippen LogP contribution in [-0.2, 0) is 4.79 Å². The van der Waals surface area contributed by atoms with Gasteiger partial charge in [0.15, 0.2) is 5.11 Å². The van der Waals surface area contributed by atoms with Crippen LogP contribution < -0.4 is 15.5 Å². The van der Waals surface area contributed by atoms with E-state index in [1.165, 1.54) is 0 Å². The zero-order chi connectivity index (χ0) is 19.7. The number of thiocarbonyl (C=S) groups is 1. The molecule has 3 aromatic rings. The molecule has 7 heteroatoms. The highest BCUT2D eigenvalue weighted by Gasteiger charge is 2.32. The van der Waals surface area contributed by atoms with Crippen LogP contribution in [0.2, 0.25) is 5.02 Å². The van der Waals surface area contributed by atoms with Gasteiger partial charge < -0.3 is 15.5 Å². The Balaban J connectivity index is 1.47. The quantitative estimate of drug-likeness (QED) is 0.631. The number of fused-ring (bicyclic) bond motifs is 1. The molecule has 2 aromatic carbocycles. The third kappa shape index (κ3) is 3.79. The molecule has 1 aromatic heterocycles. The SMILES string of the molecule is Cc1ccc(Cl)cc1NC(=S)NC1CC(=O)N(c2cccc3cccnc23)C1. The van der Waals surface area contributed by atoms with Crippen LogP contribution in [0.5, 0.6) is 0 Å². The van der Waals surface area contributed by atoms with Crippen molar-refractivity contribution in [1.29, 1.82) is 0 Å². The first-order valence-electron chi connectivity index (χ1n) is 8.99. The second kappa shape index (κ2) is 7.73. The summed E-state index contributed by atoms with van der Waals surface area (Å²) in [4.78, 5) is 18.9. The fourth-order valence-corrected chi connectivity index (χ4v) is 3.86. The molecule has 5 nitrogen and oxygen atoms in total. The number of carbonyl (C=O) groups excluding carboxylic acids is 1. The minimum absolute atomic E-state index is 0.0531. The molecule has 1 aliphatic rings.